The van der Waals surface area contributed by atoms with E-state index in [0.29, 0.717) is 51.6 Å². The molecule has 1 aliphatic rings. The summed E-state index contributed by atoms with van der Waals surface area (Å²) in [7, 11) is 1.51. The van der Waals surface area contributed by atoms with Crippen LogP contribution in [0.25, 0.3) is 6.08 Å². The van der Waals surface area contributed by atoms with Gasteiger partial charge in [-0.25, -0.2) is 4.79 Å². The van der Waals surface area contributed by atoms with Gasteiger partial charge in [-0.3, -0.25) is 0 Å². The van der Waals surface area contributed by atoms with Crippen molar-refractivity contribution in [3.63, 3.8) is 0 Å². The Kier molecular flexibility index (Phi) is 7.25. The molecule has 3 rings (SSSR count). The monoisotopic (exact) mass is 438 g/mol. The molecule has 0 unspecified atom stereocenters. The van der Waals surface area contributed by atoms with Crippen LogP contribution in [0.5, 0.6) is 17.2 Å². The molecule has 154 valence electrons. The molecule has 6 nitrogen and oxygen atoms in total. The number of hydrogen-bond acceptors (Lipinski definition) is 6. The molecule has 0 spiro atoms. The molecule has 0 aromatic heterocycles. The van der Waals surface area contributed by atoms with Crippen LogP contribution in [0.3, 0.4) is 0 Å². The number of benzene rings is 2. The predicted molar refractivity (Wildman–Crippen MR) is 110 cm³/mol. The molecule has 0 bridgehead atoms. The normalized spacial score (nSPS) is 13.0. The first-order chi connectivity index (χ1) is 14.0. The molecule has 0 aliphatic carbocycles. The summed E-state index contributed by atoms with van der Waals surface area (Å²) in [6.45, 7) is 2.89. The minimum Gasteiger partial charge on any atom is -0.491 e. The number of hydrogen-bond donors (Lipinski definition) is 0. The van der Waals surface area contributed by atoms with Gasteiger partial charge in [0, 0.05) is 22.2 Å². The van der Waals surface area contributed by atoms with Crippen molar-refractivity contribution in [1.29, 1.82) is 0 Å². The average Bonchev–Trinajstić information content (AvgIpc) is 2.70. The third-order valence-electron chi connectivity index (χ3n) is 4.07. The molecule has 2 aromatic rings. The highest BCUT2D eigenvalue weighted by Crippen LogP contribution is 2.36. The number of fused-ring (bicyclic) bond motifs is 1. The number of methoxy groups -OCH3 is 1. The molecule has 0 saturated carbocycles. The Morgan fingerprint density at radius 2 is 2.07 bits per heavy atom. The van der Waals surface area contributed by atoms with E-state index in [-0.39, 0.29) is 13.4 Å². The lowest BCUT2D eigenvalue weighted by Crippen LogP contribution is -2.14. The first kappa shape index (κ1) is 21.3. The highest BCUT2D eigenvalue weighted by Gasteiger charge is 2.17. The second-order valence-corrected chi connectivity index (χ2v) is 6.92. The van der Waals surface area contributed by atoms with E-state index < -0.39 is 5.97 Å². The van der Waals surface area contributed by atoms with E-state index in [2.05, 4.69) is 0 Å². The highest BCUT2D eigenvalue weighted by molar-refractivity contribution is 6.32. The number of carbonyl (C=O) groups is 1. The maximum Gasteiger partial charge on any atom is 0.331 e. The van der Waals surface area contributed by atoms with Crippen molar-refractivity contribution in [1.82, 2.24) is 0 Å². The summed E-state index contributed by atoms with van der Waals surface area (Å²) in [5.74, 6) is 1.07. The Morgan fingerprint density at radius 1 is 1.24 bits per heavy atom. The van der Waals surface area contributed by atoms with Crippen LogP contribution < -0.4 is 14.2 Å². The lowest BCUT2D eigenvalue weighted by Gasteiger charge is -2.20. The van der Waals surface area contributed by atoms with Gasteiger partial charge >= 0.3 is 5.97 Å². The van der Waals surface area contributed by atoms with Crippen molar-refractivity contribution >= 4 is 35.2 Å². The molecule has 1 heterocycles. The first-order valence-corrected chi connectivity index (χ1v) is 9.64. The molecule has 0 N–H and O–H groups in total. The summed E-state index contributed by atoms with van der Waals surface area (Å²) in [5, 5.41) is 0.909. The molecular weight excluding hydrogens is 419 g/mol. The topological polar surface area (TPSA) is 63.2 Å². The maximum atomic E-state index is 12.2. The minimum absolute atomic E-state index is 0.0274. The van der Waals surface area contributed by atoms with Crippen LogP contribution in [-0.4, -0.2) is 26.5 Å². The van der Waals surface area contributed by atoms with Gasteiger partial charge in [0.25, 0.3) is 0 Å². The van der Waals surface area contributed by atoms with Crippen molar-refractivity contribution in [3.05, 3.63) is 57.1 Å². The fourth-order valence-corrected chi connectivity index (χ4v) is 3.43. The minimum atomic E-state index is -0.518. The third kappa shape index (κ3) is 5.35. The van der Waals surface area contributed by atoms with Crippen LogP contribution in [0.1, 0.15) is 23.6 Å². The Bertz CT molecular complexity index is 926. The molecular formula is C21H20Cl2O6. The van der Waals surface area contributed by atoms with E-state index in [1.165, 1.54) is 13.2 Å². The zero-order chi connectivity index (χ0) is 20.8. The van der Waals surface area contributed by atoms with Crippen molar-refractivity contribution < 1.29 is 28.5 Å². The van der Waals surface area contributed by atoms with E-state index in [1.54, 1.807) is 30.3 Å². The Labute approximate surface area is 178 Å². The number of carbonyl (C=O) groups excluding carboxylic acids is 1. The summed E-state index contributed by atoms with van der Waals surface area (Å²) in [6.07, 6.45) is 2.91. The van der Waals surface area contributed by atoms with E-state index in [4.69, 9.17) is 46.9 Å². The van der Waals surface area contributed by atoms with Crippen LogP contribution >= 0.6 is 23.2 Å². The fraction of sp³-hybridized carbons (Fsp3) is 0.286. The van der Waals surface area contributed by atoms with Gasteiger partial charge in [0.05, 0.1) is 25.3 Å². The first-order valence-electron chi connectivity index (χ1n) is 8.88. The van der Waals surface area contributed by atoms with Gasteiger partial charge in [0.2, 0.25) is 0 Å². The number of ether oxygens (including phenoxy) is 5. The average molecular weight is 439 g/mol. The largest absolute Gasteiger partial charge is 0.491 e. The Hall–Kier alpha value is -2.41. The van der Waals surface area contributed by atoms with E-state index in [9.17, 15) is 4.79 Å². The molecule has 2 aromatic carbocycles. The summed E-state index contributed by atoms with van der Waals surface area (Å²) in [4.78, 5) is 12.2. The molecule has 29 heavy (non-hydrogen) atoms. The third-order valence-corrected chi connectivity index (χ3v) is 4.57. The maximum absolute atomic E-state index is 12.2. The molecule has 1 aliphatic heterocycles. The van der Waals surface area contributed by atoms with Crippen molar-refractivity contribution in [2.45, 2.75) is 20.1 Å². The van der Waals surface area contributed by atoms with Gasteiger partial charge in [-0.15, -0.1) is 0 Å². The molecule has 0 amide bonds. The number of esters is 1. The van der Waals surface area contributed by atoms with Crippen LogP contribution in [0, 0.1) is 0 Å². The summed E-state index contributed by atoms with van der Waals surface area (Å²) in [6, 6.07) is 6.89. The Morgan fingerprint density at radius 3 is 2.83 bits per heavy atom. The van der Waals surface area contributed by atoms with Gasteiger partial charge in [-0.1, -0.05) is 23.2 Å². The molecule has 0 radical (unpaired) electrons. The standard InChI is InChI=1S/C21H20Cl2O6/c1-3-27-18-7-13(6-17(23)21(18)25-2)4-5-19(24)28-11-15-9-16(22)8-14-10-26-12-29-20(14)15/h4-9H,3,10-12H2,1-2H3/b5-4+. The Balaban J connectivity index is 1.69. The van der Waals surface area contributed by atoms with Gasteiger partial charge in [-0.2, -0.15) is 0 Å². The van der Waals surface area contributed by atoms with E-state index >= 15 is 0 Å². The lowest BCUT2D eigenvalue weighted by molar-refractivity contribution is -0.139. The lowest BCUT2D eigenvalue weighted by atomic mass is 10.1. The van der Waals surface area contributed by atoms with Crippen LogP contribution in [0.2, 0.25) is 10.0 Å². The second-order valence-electron chi connectivity index (χ2n) is 6.07. The predicted octanol–water partition coefficient (Wildman–Crippen LogP) is 5.02. The van der Waals surface area contributed by atoms with E-state index in [1.807, 2.05) is 6.92 Å². The van der Waals surface area contributed by atoms with Crippen LogP contribution in [0.4, 0.5) is 0 Å². The SMILES string of the molecule is CCOc1cc(/C=C/C(=O)OCc2cc(Cl)cc3c2OCOC3)cc(Cl)c1OC. The van der Waals surface area contributed by atoms with Crippen molar-refractivity contribution in [2.24, 2.45) is 0 Å². The van der Waals surface area contributed by atoms with Crippen molar-refractivity contribution in [3.8, 4) is 17.2 Å². The van der Waals surface area contributed by atoms with Gasteiger partial charge in [0.1, 0.15) is 12.4 Å². The highest BCUT2D eigenvalue weighted by atomic mass is 35.5. The van der Waals surface area contributed by atoms with Gasteiger partial charge < -0.3 is 23.7 Å². The summed E-state index contributed by atoms with van der Waals surface area (Å²) < 4.78 is 26.9. The summed E-state index contributed by atoms with van der Waals surface area (Å²) >= 11 is 12.3. The quantitative estimate of drug-likeness (QED) is 0.446. The molecule has 0 fully saturated rings. The smallest absolute Gasteiger partial charge is 0.331 e. The van der Waals surface area contributed by atoms with Gasteiger partial charge in [0.15, 0.2) is 18.3 Å². The van der Waals surface area contributed by atoms with Crippen LogP contribution in [-0.2, 0) is 27.5 Å². The van der Waals surface area contributed by atoms with Gasteiger partial charge in [-0.05, 0) is 42.8 Å². The zero-order valence-electron chi connectivity index (χ0n) is 16.0. The summed E-state index contributed by atoms with van der Waals surface area (Å²) in [5.41, 5.74) is 2.18. The van der Waals surface area contributed by atoms with Crippen molar-refractivity contribution in [2.75, 3.05) is 20.5 Å². The number of halogens is 2. The second kappa shape index (κ2) is 9.87. The number of rotatable bonds is 7. The zero-order valence-corrected chi connectivity index (χ0v) is 17.5. The van der Waals surface area contributed by atoms with Crippen LogP contribution in [0.15, 0.2) is 30.3 Å². The fourth-order valence-electron chi connectivity index (χ4n) is 2.87. The van der Waals surface area contributed by atoms with E-state index in [0.717, 1.165) is 5.56 Å². The molecule has 0 atom stereocenters. The molecule has 8 heteroatoms. The molecule has 0 saturated heterocycles.